The molecule has 2 aliphatic rings. The van der Waals surface area contributed by atoms with Crippen LogP contribution < -0.4 is 15.5 Å². The number of aliphatic imine (C=N–C) groups is 1. The fraction of sp³-hybridized carbons (Fsp3) is 0.214. The molecule has 3 aromatic heterocycles. The Balaban J connectivity index is 1.33. The van der Waals surface area contributed by atoms with Crippen LogP contribution in [0.2, 0.25) is 0 Å². The molecule has 5 heterocycles. The molecule has 0 saturated carbocycles. The van der Waals surface area contributed by atoms with Crippen LogP contribution in [0.1, 0.15) is 39.2 Å². The van der Waals surface area contributed by atoms with Gasteiger partial charge < -0.3 is 15.5 Å². The number of halogens is 3. The lowest BCUT2D eigenvalue weighted by molar-refractivity contribution is -0.137. The third-order valence-corrected chi connectivity index (χ3v) is 6.72. The Morgan fingerprint density at radius 2 is 1.93 bits per heavy atom. The second-order valence-corrected chi connectivity index (χ2v) is 9.68. The molecule has 0 saturated heterocycles. The average Bonchev–Trinajstić information content (AvgIpc) is 3.37. The van der Waals surface area contributed by atoms with Crippen LogP contribution in [-0.2, 0) is 13.2 Å². The summed E-state index contributed by atoms with van der Waals surface area (Å²) in [6.45, 7) is 3.31. The second-order valence-electron chi connectivity index (χ2n) is 9.68. The molecule has 6 rings (SSSR count). The summed E-state index contributed by atoms with van der Waals surface area (Å²) in [5.74, 6) is 1.17. The highest BCUT2D eigenvalue weighted by Crippen LogP contribution is 2.37. The van der Waals surface area contributed by atoms with Gasteiger partial charge in [-0.25, -0.2) is 4.98 Å². The zero-order valence-corrected chi connectivity index (χ0v) is 22.1. The highest BCUT2D eigenvalue weighted by molar-refractivity contribution is 6.35. The van der Waals surface area contributed by atoms with Gasteiger partial charge in [-0.15, -0.1) is 0 Å². The molecule has 1 aromatic carbocycles. The maximum absolute atomic E-state index is 13.1. The normalized spacial score (nSPS) is 14.5. The maximum Gasteiger partial charge on any atom is 0.416 e. The van der Waals surface area contributed by atoms with Gasteiger partial charge in [-0.1, -0.05) is 6.07 Å². The van der Waals surface area contributed by atoms with Crippen LogP contribution in [0.15, 0.2) is 60.1 Å². The van der Waals surface area contributed by atoms with E-state index in [1.54, 1.807) is 29.2 Å². The highest BCUT2D eigenvalue weighted by Gasteiger charge is 2.32. The molecule has 4 aromatic rings. The van der Waals surface area contributed by atoms with Gasteiger partial charge in [-0.3, -0.25) is 19.5 Å². The Labute approximate surface area is 232 Å². The van der Waals surface area contributed by atoms with Gasteiger partial charge in [0, 0.05) is 55.6 Å². The van der Waals surface area contributed by atoms with Gasteiger partial charge in [0.15, 0.2) is 0 Å². The van der Waals surface area contributed by atoms with Crippen molar-refractivity contribution in [3.05, 3.63) is 83.1 Å². The van der Waals surface area contributed by atoms with Crippen molar-refractivity contribution in [1.29, 1.82) is 0 Å². The van der Waals surface area contributed by atoms with Gasteiger partial charge in [0.05, 0.1) is 17.4 Å². The molecular formula is C28H24F3N9O. The summed E-state index contributed by atoms with van der Waals surface area (Å²) in [6.07, 6.45) is 4.46. The third kappa shape index (κ3) is 5.25. The fourth-order valence-electron chi connectivity index (χ4n) is 4.75. The van der Waals surface area contributed by atoms with E-state index in [0.717, 1.165) is 64.4 Å². The molecule has 2 N–H and O–H groups in total. The predicted octanol–water partition coefficient (Wildman–Crippen LogP) is 5.09. The zero-order chi connectivity index (χ0) is 28.7. The first-order valence-corrected chi connectivity index (χ1v) is 12.8. The van der Waals surface area contributed by atoms with Crippen molar-refractivity contribution in [3.8, 4) is 0 Å². The van der Waals surface area contributed by atoms with Crippen molar-refractivity contribution in [2.45, 2.75) is 19.5 Å². The quantitative estimate of drug-likeness (QED) is 0.350. The molecule has 0 fully saturated rings. The van der Waals surface area contributed by atoms with Crippen molar-refractivity contribution >= 4 is 46.5 Å². The van der Waals surface area contributed by atoms with Crippen molar-refractivity contribution in [1.82, 2.24) is 24.7 Å². The zero-order valence-electron chi connectivity index (χ0n) is 22.1. The number of amides is 1. The molecule has 0 radical (unpaired) electrons. The van der Waals surface area contributed by atoms with Gasteiger partial charge in [-0.2, -0.15) is 23.3 Å². The minimum absolute atomic E-state index is 0.330. The van der Waals surface area contributed by atoms with Gasteiger partial charge in [0.2, 0.25) is 5.95 Å². The first-order chi connectivity index (χ1) is 19.7. The Hall–Kier alpha value is -5.07. The number of hydrogen-bond donors (Lipinski definition) is 2. The topological polar surface area (TPSA) is 113 Å². The monoisotopic (exact) mass is 559 g/mol. The van der Waals surface area contributed by atoms with Crippen LogP contribution in [0.5, 0.6) is 0 Å². The van der Waals surface area contributed by atoms with Crippen LogP contribution >= 0.6 is 0 Å². The fourth-order valence-corrected chi connectivity index (χ4v) is 4.75. The number of anilines is 4. The summed E-state index contributed by atoms with van der Waals surface area (Å²) >= 11 is 0. The highest BCUT2D eigenvalue weighted by atomic mass is 19.4. The van der Waals surface area contributed by atoms with E-state index < -0.39 is 17.6 Å². The summed E-state index contributed by atoms with van der Waals surface area (Å²) in [5, 5.41) is 10.0. The second kappa shape index (κ2) is 10.2. The Morgan fingerprint density at radius 3 is 2.71 bits per heavy atom. The number of aromatic nitrogens is 5. The molecular weight excluding hydrogens is 535 g/mol. The molecule has 41 heavy (non-hydrogen) atoms. The summed E-state index contributed by atoms with van der Waals surface area (Å²) in [7, 11) is 1.83. The molecule has 0 spiro atoms. The van der Waals surface area contributed by atoms with E-state index in [1.807, 2.05) is 32.3 Å². The van der Waals surface area contributed by atoms with Crippen LogP contribution in [0.4, 0.5) is 36.3 Å². The number of carbonyl (C=O) groups excluding carboxylic acids is 1. The summed E-state index contributed by atoms with van der Waals surface area (Å²) in [5.41, 5.74) is 3.29. The lowest BCUT2D eigenvalue weighted by Gasteiger charge is -2.34. The summed E-state index contributed by atoms with van der Waals surface area (Å²) in [6, 6.07) is 6.88. The van der Waals surface area contributed by atoms with Gasteiger partial charge in [0.25, 0.3) is 5.91 Å². The number of nitrogens with zero attached hydrogens (tertiary/aromatic N) is 7. The van der Waals surface area contributed by atoms with Crippen LogP contribution in [0.25, 0.3) is 11.6 Å². The Bertz CT molecular complexity index is 1720. The van der Waals surface area contributed by atoms with Crippen molar-refractivity contribution in [2.24, 2.45) is 12.0 Å². The minimum Gasteiger partial charge on any atom is -0.321 e. The molecule has 13 heteroatoms. The molecule has 0 unspecified atom stereocenters. The first kappa shape index (κ1) is 26.2. The Morgan fingerprint density at radius 1 is 1.07 bits per heavy atom. The number of aryl methyl sites for hydroxylation is 2. The average molecular weight is 560 g/mol. The van der Waals surface area contributed by atoms with Gasteiger partial charge in [-0.05, 0) is 54.8 Å². The number of alkyl halides is 3. The first-order valence-electron chi connectivity index (χ1n) is 12.8. The largest absolute Gasteiger partial charge is 0.416 e. The smallest absolute Gasteiger partial charge is 0.321 e. The number of pyridine rings is 1. The third-order valence-electron chi connectivity index (χ3n) is 6.72. The standard InChI is InChI=1S/C28H24F3N9O/c1-16-4-5-19(36-26(41)23-11-18(6-8-32-23)28(29,30)31)12-21(16)22-10-17-13-34-27(37-20-14-35-39(2)15-20)38-24(17)40-9-3-7-33-25(22)40/h4-6,8,10-15H,3,7,9H2,1-2H3,(H,36,41)(H,34,37,38). The van der Waals surface area contributed by atoms with Crippen molar-refractivity contribution < 1.29 is 18.0 Å². The number of benzene rings is 1. The number of fused-ring (bicyclic) bond motifs is 3. The lowest BCUT2D eigenvalue weighted by Crippen LogP contribution is -2.39. The van der Waals surface area contributed by atoms with Crippen molar-refractivity contribution in [2.75, 3.05) is 28.6 Å². The summed E-state index contributed by atoms with van der Waals surface area (Å²) in [4.78, 5) is 32.7. The number of nitrogens with one attached hydrogen (secondary N) is 2. The van der Waals surface area contributed by atoms with E-state index >= 15 is 0 Å². The van der Waals surface area contributed by atoms with Crippen LogP contribution in [-0.4, -0.2) is 49.6 Å². The minimum atomic E-state index is -4.58. The maximum atomic E-state index is 13.1. The van der Waals surface area contributed by atoms with E-state index in [4.69, 9.17) is 9.98 Å². The van der Waals surface area contributed by atoms with Crippen LogP contribution in [0.3, 0.4) is 0 Å². The number of carbonyl (C=O) groups is 1. The lowest BCUT2D eigenvalue weighted by atomic mass is 9.93. The molecule has 208 valence electrons. The molecule has 0 atom stereocenters. The molecule has 1 amide bonds. The molecule has 10 nitrogen and oxygen atoms in total. The van der Waals surface area contributed by atoms with E-state index in [9.17, 15) is 18.0 Å². The SMILES string of the molecule is Cc1ccc(NC(=O)c2cc(C(F)(F)F)ccn2)cc1C1=Cc2cnc(Nc3cnn(C)c3)nc2N2CCCN=C12. The Kier molecular flexibility index (Phi) is 6.48. The van der Waals surface area contributed by atoms with E-state index in [2.05, 4.69) is 30.6 Å². The molecule has 2 aliphatic heterocycles. The van der Waals surface area contributed by atoms with Gasteiger partial charge >= 0.3 is 6.18 Å². The van der Waals surface area contributed by atoms with Gasteiger partial charge in [0.1, 0.15) is 17.3 Å². The predicted molar refractivity (Wildman–Crippen MR) is 149 cm³/mol. The van der Waals surface area contributed by atoms with Crippen LogP contribution in [0, 0.1) is 6.92 Å². The van der Waals surface area contributed by atoms with E-state index in [1.165, 1.54) is 0 Å². The molecule has 0 aliphatic carbocycles. The number of rotatable bonds is 5. The number of hydrogen-bond acceptors (Lipinski definition) is 8. The van der Waals surface area contributed by atoms with Crippen molar-refractivity contribution in [3.63, 3.8) is 0 Å². The summed E-state index contributed by atoms with van der Waals surface area (Å²) < 4.78 is 41.1. The number of amidine groups is 1. The molecule has 0 bridgehead atoms. The van der Waals surface area contributed by atoms with E-state index in [-0.39, 0.29) is 5.69 Å². The van der Waals surface area contributed by atoms with E-state index in [0.29, 0.717) is 24.7 Å².